The van der Waals surface area contributed by atoms with Crippen molar-refractivity contribution in [3.8, 4) is 33.5 Å². The fourth-order valence-corrected chi connectivity index (χ4v) is 5.33. The van der Waals surface area contributed by atoms with Crippen LogP contribution in [0.2, 0.25) is 0 Å². The van der Waals surface area contributed by atoms with Crippen LogP contribution >= 0.6 is 0 Å². The molecule has 0 atom stereocenters. The minimum Gasteiger partial charge on any atom is -0.393 e. The molecule has 0 unspecified atom stereocenters. The van der Waals surface area contributed by atoms with Gasteiger partial charge >= 0.3 is 0 Å². The van der Waals surface area contributed by atoms with Gasteiger partial charge in [-0.3, -0.25) is 9.67 Å². The van der Waals surface area contributed by atoms with E-state index in [0.717, 1.165) is 78.6 Å². The van der Waals surface area contributed by atoms with Crippen LogP contribution in [0, 0.1) is 11.6 Å². The van der Waals surface area contributed by atoms with Crippen molar-refractivity contribution in [2.45, 2.75) is 31.9 Å². The van der Waals surface area contributed by atoms with Crippen molar-refractivity contribution < 1.29 is 13.9 Å². The van der Waals surface area contributed by atoms with Gasteiger partial charge in [0.1, 0.15) is 11.6 Å². The lowest BCUT2D eigenvalue weighted by molar-refractivity contribution is 0.0814. The Hall–Kier alpha value is -4.01. The Kier molecular flexibility index (Phi) is 7.13. The number of nitrogens with zero attached hydrogens (tertiary/aromatic N) is 5. The number of aryl methyl sites for hydroxylation is 1. The number of rotatable bonds is 7. The lowest BCUT2D eigenvalue weighted by Crippen LogP contribution is -2.36. The van der Waals surface area contributed by atoms with Crippen LogP contribution in [-0.4, -0.2) is 55.5 Å². The van der Waals surface area contributed by atoms with Crippen molar-refractivity contribution in [1.82, 2.24) is 24.6 Å². The van der Waals surface area contributed by atoms with E-state index in [1.165, 1.54) is 24.3 Å². The predicted molar refractivity (Wildman–Crippen MR) is 148 cm³/mol. The van der Waals surface area contributed by atoms with E-state index >= 15 is 0 Å². The molecule has 198 valence electrons. The van der Waals surface area contributed by atoms with Gasteiger partial charge in [-0.15, -0.1) is 0 Å². The fourth-order valence-electron chi connectivity index (χ4n) is 5.33. The number of benzene rings is 2. The van der Waals surface area contributed by atoms with Crippen LogP contribution in [0.1, 0.15) is 19.3 Å². The third-order valence-corrected chi connectivity index (χ3v) is 7.35. The Morgan fingerprint density at radius 1 is 0.769 bits per heavy atom. The van der Waals surface area contributed by atoms with Crippen molar-refractivity contribution in [1.29, 1.82) is 0 Å². The Morgan fingerprint density at radius 2 is 1.38 bits per heavy atom. The molecule has 6 rings (SSSR count). The first-order chi connectivity index (χ1) is 19.0. The topological polar surface area (TPSA) is 67.1 Å². The molecule has 39 heavy (non-hydrogen) atoms. The second-order valence-electron chi connectivity index (χ2n) is 10.0. The molecule has 6 nitrogen and oxygen atoms in total. The molecule has 0 amide bonds. The Labute approximate surface area is 225 Å². The second-order valence-corrected chi connectivity index (χ2v) is 10.0. The zero-order valence-electron chi connectivity index (χ0n) is 21.5. The summed E-state index contributed by atoms with van der Waals surface area (Å²) in [6.07, 6.45) is 7.84. The average Bonchev–Trinajstić information content (AvgIpc) is 3.37. The summed E-state index contributed by atoms with van der Waals surface area (Å²) in [7, 11) is 0. The lowest BCUT2D eigenvalue weighted by Gasteiger charge is -2.29. The molecule has 1 aliphatic heterocycles. The SMILES string of the molecule is OC1CCN(CCCn2cc3c(-c4ccc(F)cc4)c(-c4ccncc4)c(-c4ccc(F)cc4)nc3n2)CC1. The van der Waals surface area contributed by atoms with E-state index in [-0.39, 0.29) is 17.7 Å². The van der Waals surface area contributed by atoms with Gasteiger partial charge < -0.3 is 10.0 Å². The molecule has 0 spiro atoms. The Bertz CT molecular complexity index is 1560. The van der Waals surface area contributed by atoms with Crippen molar-refractivity contribution in [2.75, 3.05) is 19.6 Å². The Morgan fingerprint density at radius 3 is 2.05 bits per heavy atom. The maximum Gasteiger partial charge on any atom is 0.182 e. The molecule has 0 saturated carbocycles. The summed E-state index contributed by atoms with van der Waals surface area (Å²) in [5.74, 6) is -0.634. The minimum atomic E-state index is -0.323. The maximum absolute atomic E-state index is 13.9. The molecule has 0 bridgehead atoms. The molecule has 3 aromatic heterocycles. The van der Waals surface area contributed by atoms with E-state index in [1.54, 1.807) is 36.7 Å². The zero-order chi connectivity index (χ0) is 26.8. The first-order valence-corrected chi connectivity index (χ1v) is 13.3. The van der Waals surface area contributed by atoms with E-state index in [9.17, 15) is 13.9 Å². The third-order valence-electron chi connectivity index (χ3n) is 7.35. The van der Waals surface area contributed by atoms with Crippen LogP contribution in [0.25, 0.3) is 44.5 Å². The van der Waals surface area contributed by atoms with Gasteiger partial charge in [0.25, 0.3) is 0 Å². The van der Waals surface area contributed by atoms with Gasteiger partial charge in [0.15, 0.2) is 5.65 Å². The number of hydrogen-bond acceptors (Lipinski definition) is 5. The number of halogens is 2. The van der Waals surface area contributed by atoms with Crippen LogP contribution in [0.4, 0.5) is 8.78 Å². The Balaban J connectivity index is 1.47. The fraction of sp³-hybridized carbons (Fsp3) is 0.258. The number of aliphatic hydroxyl groups is 1. The average molecular weight is 526 g/mol. The number of pyridine rings is 2. The van der Waals surface area contributed by atoms with Gasteiger partial charge in [0.05, 0.1) is 11.8 Å². The van der Waals surface area contributed by atoms with Crippen molar-refractivity contribution in [3.05, 3.63) is 90.9 Å². The van der Waals surface area contributed by atoms with E-state index in [4.69, 9.17) is 10.1 Å². The molecule has 1 fully saturated rings. The van der Waals surface area contributed by atoms with E-state index in [0.29, 0.717) is 11.3 Å². The van der Waals surface area contributed by atoms with Gasteiger partial charge in [-0.1, -0.05) is 12.1 Å². The van der Waals surface area contributed by atoms with Gasteiger partial charge in [0, 0.05) is 60.3 Å². The van der Waals surface area contributed by atoms with Crippen LogP contribution in [0.5, 0.6) is 0 Å². The summed E-state index contributed by atoms with van der Waals surface area (Å²) in [4.78, 5) is 11.6. The second kappa shape index (κ2) is 11.0. The summed E-state index contributed by atoms with van der Waals surface area (Å²) in [6.45, 7) is 3.47. The van der Waals surface area contributed by atoms with Crippen LogP contribution in [0.3, 0.4) is 0 Å². The molecule has 8 heteroatoms. The molecule has 5 aromatic rings. The first-order valence-electron chi connectivity index (χ1n) is 13.3. The molecule has 1 N–H and O–H groups in total. The highest BCUT2D eigenvalue weighted by molar-refractivity contribution is 6.05. The zero-order valence-corrected chi connectivity index (χ0v) is 21.5. The van der Waals surface area contributed by atoms with Crippen LogP contribution in [-0.2, 0) is 6.54 Å². The third kappa shape index (κ3) is 5.44. The molecular formula is C31H29F2N5O. The molecule has 0 radical (unpaired) electrons. The predicted octanol–water partition coefficient (Wildman–Crippen LogP) is 5.95. The molecule has 1 aliphatic rings. The standard InChI is InChI=1S/C31H29F2N5O/c32-24-6-2-21(3-7-24)28-27-20-38(17-1-16-37-18-12-26(39)13-19-37)36-31(27)35-30(23-4-8-25(33)9-5-23)29(28)22-10-14-34-15-11-22/h2-11,14-15,20,26,39H,1,12-13,16-19H2. The van der Waals surface area contributed by atoms with E-state index < -0.39 is 0 Å². The number of fused-ring (bicyclic) bond motifs is 1. The summed E-state index contributed by atoms with van der Waals surface area (Å²) >= 11 is 0. The molecule has 0 aliphatic carbocycles. The van der Waals surface area contributed by atoms with Crippen molar-refractivity contribution >= 4 is 11.0 Å². The number of hydrogen-bond donors (Lipinski definition) is 1. The molecule has 2 aromatic carbocycles. The number of aromatic nitrogens is 4. The normalized spacial score (nSPS) is 14.7. The number of piperidine rings is 1. The minimum absolute atomic E-state index is 0.182. The van der Waals surface area contributed by atoms with Crippen molar-refractivity contribution in [3.63, 3.8) is 0 Å². The van der Waals surface area contributed by atoms with E-state index in [2.05, 4.69) is 9.88 Å². The lowest BCUT2D eigenvalue weighted by atomic mass is 9.90. The summed E-state index contributed by atoms with van der Waals surface area (Å²) < 4.78 is 29.7. The number of likely N-dealkylation sites (tertiary alicyclic amines) is 1. The smallest absolute Gasteiger partial charge is 0.182 e. The highest BCUT2D eigenvalue weighted by atomic mass is 19.1. The maximum atomic E-state index is 13.9. The van der Waals surface area contributed by atoms with Crippen molar-refractivity contribution in [2.24, 2.45) is 0 Å². The summed E-state index contributed by atoms with van der Waals surface area (Å²) in [5, 5.41) is 15.5. The first kappa shape index (κ1) is 25.3. The van der Waals surface area contributed by atoms with Gasteiger partial charge in [-0.25, -0.2) is 13.8 Å². The quantitative estimate of drug-likeness (QED) is 0.284. The number of aliphatic hydroxyl groups excluding tert-OH is 1. The van der Waals surface area contributed by atoms with Gasteiger partial charge in [0.2, 0.25) is 0 Å². The summed E-state index contributed by atoms with van der Waals surface area (Å²) in [6, 6.07) is 16.6. The summed E-state index contributed by atoms with van der Waals surface area (Å²) in [5.41, 5.74) is 5.49. The van der Waals surface area contributed by atoms with Gasteiger partial charge in [-0.2, -0.15) is 5.10 Å². The van der Waals surface area contributed by atoms with Crippen LogP contribution < -0.4 is 0 Å². The molecule has 1 saturated heterocycles. The van der Waals surface area contributed by atoms with Crippen LogP contribution in [0.15, 0.2) is 79.3 Å². The molecule has 4 heterocycles. The van der Waals surface area contributed by atoms with Gasteiger partial charge in [-0.05, 0) is 85.5 Å². The highest BCUT2D eigenvalue weighted by Crippen LogP contribution is 2.43. The van der Waals surface area contributed by atoms with E-state index in [1.807, 2.05) is 23.0 Å². The monoisotopic (exact) mass is 525 g/mol. The largest absolute Gasteiger partial charge is 0.393 e. The highest BCUT2D eigenvalue weighted by Gasteiger charge is 2.22. The molecular weight excluding hydrogens is 496 g/mol.